The van der Waals surface area contributed by atoms with Crippen molar-refractivity contribution in [3.63, 3.8) is 0 Å². The Labute approximate surface area is 119 Å². The SMILES string of the molecule is Cc1cc(C)c(NC(=O)C2(C)CCCC2)c(C(=O)O)c1. The highest BCUT2D eigenvalue weighted by Gasteiger charge is 2.36. The lowest BCUT2D eigenvalue weighted by molar-refractivity contribution is -0.124. The molecule has 0 aliphatic heterocycles. The smallest absolute Gasteiger partial charge is 0.337 e. The van der Waals surface area contributed by atoms with Gasteiger partial charge in [-0.3, -0.25) is 4.79 Å². The summed E-state index contributed by atoms with van der Waals surface area (Å²) in [5.41, 5.74) is 1.90. The van der Waals surface area contributed by atoms with E-state index in [9.17, 15) is 14.7 Å². The first-order valence-electron chi connectivity index (χ1n) is 6.99. The number of benzene rings is 1. The molecule has 0 aromatic heterocycles. The van der Waals surface area contributed by atoms with Crippen LogP contribution in [0.15, 0.2) is 12.1 Å². The van der Waals surface area contributed by atoms with E-state index in [1.54, 1.807) is 6.07 Å². The summed E-state index contributed by atoms with van der Waals surface area (Å²) < 4.78 is 0. The lowest BCUT2D eigenvalue weighted by atomic mass is 9.87. The molecule has 4 heteroatoms. The number of anilines is 1. The topological polar surface area (TPSA) is 66.4 Å². The summed E-state index contributed by atoms with van der Waals surface area (Å²) in [6.45, 7) is 5.63. The van der Waals surface area contributed by atoms with Crippen LogP contribution in [0, 0.1) is 19.3 Å². The van der Waals surface area contributed by atoms with E-state index in [0.717, 1.165) is 36.8 Å². The lowest BCUT2D eigenvalue weighted by Gasteiger charge is -2.23. The molecule has 20 heavy (non-hydrogen) atoms. The van der Waals surface area contributed by atoms with E-state index in [4.69, 9.17) is 0 Å². The molecule has 1 fully saturated rings. The normalized spacial score (nSPS) is 16.9. The van der Waals surface area contributed by atoms with Gasteiger partial charge in [-0.1, -0.05) is 25.8 Å². The van der Waals surface area contributed by atoms with Crippen molar-refractivity contribution < 1.29 is 14.7 Å². The maximum absolute atomic E-state index is 12.4. The lowest BCUT2D eigenvalue weighted by Crippen LogP contribution is -2.31. The molecule has 2 rings (SSSR count). The first kappa shape index (κ1) is 14.6. The maximum atomic E-state index is 12.4. The first-order valence-corrected chi connectivity index (χ1v) is 6.99. The molecule has 0 bridgehead atoms. The van der Waals surface area contributed by atoms with Crippen LogP contribution in [0.3, 0.4) is 0 Å². The molecule has 108 valence electrons. The number of hydrogen-bond acceptors (Lipinski definition) is 2. The summed E-state index contributed by atoms with van der Waals surface area (Å²) in [6.07, 6.45) is 3.85. The van der Waals surface area contributed by atoms with Crippen LogP contribution in [0.5, 0.6) is 0 Å². The number of rotatable bonds is 3. The molecule has 0 radical (unpaired) electrons. The number of nitrogens with one attached hydrogen (secondary N) is 1. The van der Waals surface area contributed by atoms with Gasteiger partial charge in [0.1, 0.15) is 0 Å². The molecular formula is C16H21NO3. The Bertz CT molecular complexity index is 557. The number of carbonyl (C=O) groups excluding carboxylic acids is 1. The van der Waals surface area contributed by atoms with Crippen LogP contribution in [-0.4, -0.2) is 17.0 Å². The Balaban J connectivity index is 2.33. The molecule has 2 N–H and O–H groups in total. The molecule has 0 spiro atoms. The summed E-state index contributed by atoms with van der Waals surface area (Å²) in [7, 11) is 0. The van der Waals surface area contributed by atoms with Crippen LogP contribution in [0.1, 0.15) is 54.1 Å². The minimum Gasteiger partial charge on any atom is -0.478 e. The monoisotopic (exact) mass is 275 g/mol. The predicted octanol–water partition coefficient (Wildman–Crippen LogP) is 3.52. The van der Waals surface area contributed by atoms with Gasteiger partial charge in [-0.05, 0) is 43.9 Å². The van der Waals surface area contributed by atoms with Gasteiger partial charge < -0.3 is 10.4 Å². The van der Waals surface area contributed by atoms with Crippen molar-refractivity contribution in [2.75, 3.05) is 5.32 Å². The maximum Gasteiger partial charge on any atom is 0.337 e. The minimum absolute atomic E-state index is 0.0653. The minimum atomic E-state index is -1.01. The number of hydrogen-bond donors (Lipinski definition) is 2. The molecule has 1 saturated carbocycles. The molecule has 1 aliphatic rings. The Morgan fingerprint density at radius 3 is 2.35 bits per heavy atom. The molecule has 0 heterocycles. The van der Waals surface area contributed by atoms with Crippen molar-refractivity contribution in [1.82, 2.24) is 0 Å². The average Bonchev–Trinajstić information content (AvgIpc) is 2.80. The van der Waals surface area contributed by atoms with E-state index in [0.29, 0.717) is 5.69 Å². The molecule has 1 amide bonds. The summed E-state index contributed by atoms with van der Waals surface area (Å²) in [6, 6.07) is 3.49. The van der Waals surface area contributed by atoms with Crippen LogP contribution in [0.25, 0.3) is 0 Å². The van der Waals surface area contributed by atoms with Crippen molar-refractivity contribution in [2.24, 2.45) is 5.41 Å². The van der Waals surface area contributed by atoms with Gasteiger partial charge >= 0.3 is 5.97 Å². The Hall–Kier alpha value is -1.84. The molecule has 1 aromatic rings. The number of aryl methyl sites for hydroxylation is 2. The highest BCUT2D eigenvalue weighted by Crippen LogP contribution is 2.39. The molecule has 1 aliphatic carbocycles. The molecule has 0 unspecified atom stereocenters. The fourth-order valence-electron chi connectivity index (χ4n) is 2.95. The van der Waals surface area contributed by atoms with Crippen molar-refractivity contribution in [3.8, 4) is 0 Å². The highest BCUT2D eigenvalue weighted by molar-refractivity contribution is 6.03. The zero-order chi connectivity index (χ0) is 14.9. The predicted molar refractivity (Wildman–Crippen MR) is 78.1 cm³/mol. The van der Waals surface area contributed by atoms with Gasteiger partial charge in [0.05, 0.1) is 11.3 Å². The van der Waals surface area contributed by atoms with E-state index in [2.05, 4.69) is 5.32 Å². The second kappa shape index (κ2) is 5.27. The third-order valence-corrected chi connectivity index (χ3v) is 4.20. The van der Waals surface area contributed by atoms with E-state index in [1.807, 2.05) is 26.8 Å². The largest absolute Gasteiger partial charge is 0.478 e. The Kier molecular flexibility index (Phi) is 3.84. The Morgan fingerprint density at radius 2 is 1.80 bits per heavy atom. The van der Waals surface area contributed by atoms with E-state index in [1.165, 1.54) is 0 Å². The van der Waals surface area contributed by atoms with Crippen molar-refractivity contribution in [2.45, 2.75) is 46.5 Å². The second-order valence-electron chi connectivity index (χ2n) is 6.03. The Morgan fingerprint density at radius 1 is 1.20 bits per heavy atom. The van der Waals surface area contributed by atoms with Crippen LogP contribution < -0.4 is 5.32 Å². The highest BCUT2D eigenvalue weighted by atomic mass is 16.4. The summed E-state index contributed by atoms with van der Waals surface area (Å²) in [5, 5.41) is 12.2. The van der Waals surface area contributed by atoms with E-state index < -0.39 is 5.97 Å². The van der Waals surface area contributed by atoms with E-state index in [-0.39, 0.29) is 16.9 Å². The van der Waals surface area contributed by atoms with E-state index >= 15 is 0 Å². The van der Waals surface area contributed by atoms with Crippen LogP contribution in [0.2, 0.25) is 0 Å². The zero-order valence-electron chi connectivity index (χ0n) is 12.2. The number of carbonyl (C=O) groups is 2. The molecule has 4 nitrogen and oxygen atoms in total. The van der Waals surface area contributed by atoms with Crippen molar-refractivity contribution in [3.05, 3.63) is 28.8 Å². The summed E-state index contributed by atoms with van der Waals surface area (Å²) >= 11 is 0. The quantitative estimate of drug-likeness (QED) is 0.887. The molecule has 0 atom stereocenters. The van der Waals surface area contributed by atoms with Crippen molar-refractivity contribution in [1.29, 1.82) is 0 Å². The van der Waals surface area contributed by atoms with Gasteiger partial charge in [0.2, 0.25) is 5.91 Å². The van der Waals surface area contributed by atoms with Crippen LogP contribution in [0.4, 0.5) is 5.69 Å². The second-order valence-corrected chi connectivity index (χ2v) is 6.03. The first-order chi connectivity index (χ1) is 9.33. The molecule has 0 saturated heterocycles. The molecular weight excluding hydrogens is 254 g/mol. The standard InChI is InChI=1S/C16H21NO3/c1-10-8-11(2)13(12(9-10)14(18)19)17-15(20)16(3)6-4-5-7-16/h8-9H,4-7H2,1-3H3,(H,17,20)(H,18,19). The third kappa shape index (κ3) is 2.69. The summed E-state index contributed by atoms with van der Waals surface area (Å²) in [5.74, 6) is -1.08. The van der Waals surface area contributed by atoms with Crippen LogP contribution >= 0.6 is 0 Å². The van der Waals surface area contributed by atoms with Crippen LogP contribution in [-0.2, 0) is 4.79 Å². The van der Waals surface area contributed by atoms with Gasteiger partial charge in [-0.15, -0.1) is 0 Å². The average molecular weight is 275 g/mol. The molecule has 1 aromatic carbocycles. The summed E-state index contributed by atoms with van der Waals surface area (Å²) in [4.78, 5) is 23.8. The fraction of sp³-hybridized carbons (Fsp3) is 0.500. The van der Waals surface area contributed by atoms with Gasteiger partial charge in [-0.2, -0.15) is 0 Å². The van der Waals surface area contributed by atoms with Crippen molar-refractivity contribution >= 4 is 17.6 Å². The van der Waals surface area contributed by atoms with Gasteiger partial charge in [0.15, 0.2) is 0 Å². The van der Waals surface area contributed by atoms with Gasteiger partial charge in [0.25, 0.3) is 0 Å². The van der Waals surface area contributed by atoms with Gasteiger partial charge in [-0.25, -0.2) is 4.79 Å². The number of aromatic carboxylic acids is 1. The number of amides is 1. The van der Waals surface area contributed by atoms with Gasteiger partial charge in [0, 0.05) is 5.41 Å². The fourth-order valence-corrected chi connectivity index (χ4v) is 2.95. The number of carboxylic acid groups (broad SMARTS) is 1. The third-order valence-electron chi connectivity index (χ3n) is 4.20. The number of carboxylic acids is 1. The zero-order valence-corrected chi connectivity index (χ0v) is 12.2.